The highest BCUT2D eigenvalue weighted by molar-refractivity contribution is 6.10. The molecule has 6 heteroatoms. The molecule has 2 aromatic heterocycles. The van der Waals surface area contributed by atoms with Gasteiger partial charge in [0.05, 0.1) is 5.69 Å². The monoisotopic (exact) mass is 358 g/mol. The Labute approximate surface area is 155 Å². The van der Waals surface area contributed by atoms with E-state index in [4.69, 9.17) is 0 Å². The fraction of sp³-hybridized carbons (Fsp3) is 0.0952. The molecule has 4 rings (SSSR count). The maximum absolute atomic E-state index is 12.3. The van der Waals surface area contributed by atoms with Crippen LogP contribution in [0.5, 0.6) is 0 Å². The summed E-state index contributed by atoms with van der Waals surface area (Å²) < 4.78 is 0. The van der Waals surface area contributed by atoms with Crippen LogP contribution in [0.25, 0.3) is 21.8 Å². The number of pyridine rings is 2. The van der Waals surface area contributed by atoms with Gasteiger partial charge in [0.25, 0.3) is 5.56 Å². The lowest BCUT2D eigenvalue weighted by Gasteiger charge is -2.12. The van der Waals surface area contributed by atoms with E-state index >= 15 is 0 Å². The van der Waals surface area contributed by atoms with Crippen molar-refractivity contribution in [1.29, 1.82) is 0 Å². The molecule has 1 atom stereocenters. The zero-order valence-electron chi connectivity index (χ0n) is 14.7. The number of hydrogen-bond acceptors (Lipinski definition) is 4. The summed E-state index contributed by atoms with van der Waals surface area (Å²) in [5, 5.41) is 8.44. The molecule has 1 amide bonds. The third-order valence-electron chi connectivity index (χ3n) is 4.46. The highest BCUT2D eigenvalue weighted by Crippen LogP contribution is 2.28. The number of carbonyl (C=O) groups excluding carboxylic acids is 1. The Morgan fingerprint density at radius 2 is 1.81 bits per heavy atom. The van der Waals surface area contributed by atoms with Gasteiger partial charge in [-0.3, -0.25) is 9.59 Å². The van der Waals surface area contributed by atoms with E-state index in [0.717, 1.165) is 27.9 Å². The number of allylic oxidation sites excluding steroid dienone is 4. The molecule has 0 bridgehead atoms. The number of hydrogen-bond donors (Lipinski definition) is 3. The number of H-pyrrole nitrogens is 1. The van der Waals surface area contributed by atoms with Crippen molar-refractivity contribution in [2.75, 3.05) is 5.32 Å². The lowest BCUT2D eigenvalue weighted by molar-refractivity contribution is -0.108. The molecule has 1 aliphatic rings. The van der Waals surface area contributed by atoms with Crippen LogP contribution in [0, 0.1) is 5.92 Å². The van der Waals surface area contributed by atoms with Crippen LogP contribution in [0.4, 0.5) is 5.69 Å². The van der Waals surface area contributed by atoms with Crippen molar-refractivity contribution >= 4 is 33.9 Å². The second-order valence-corrected chi connectivity index (χ2v) is 6.41. The Balaban J connectivity index is 1.81. The molecule has 134 valence electrons. The topological polar surface area (TPSA) is 86.9 Å². The first-order chi connectivity index (χ1) is 13.2. The molecule has 3 aromatic rings. The highest BCUT2D eigenvalue weighted by atomic mass is 16.1. The summed E-state index contributed by atoms with van der Waals surface area (Å²) in [6.07, 6.45) is 10.1. The van der Waals surface area contributed by atoms with Gasteiger partial charge in [0.1, 0.15) is 5.65 Å². The largest absolute Gasteiger partial charge is 0.355 e. The van der Waals surface area contributed by atoms with Crippen molar-refractivity contribution in [3.63, 3.8) is 0 Å². The molecule has 0 saturated carbocycles. The first-order valence-corrected chi connectivity index (χ1v) is 8.64. The van der Waals surface area contributed by atoms with E-state index < -0.39 is 0 Å². The maximum atomic E-state index is 12.3. The SMILES string of the molecule is CC1C=C(NC=O)C=CC(Nc2ccnc3[nH]c(=O)c4ccccc4c23)=C1. The van der Waals surface area contributed by atoms with Crippen molar-refractivity contribution in [2.45, 2.75) is 6.92 Å². The third-order valence-corrected chi connectivity index (χ3v) is 4.46. The summed E-state index contributed by atoms with van der Waals surface area (Å²) in [6, 6.07) is 9.37. The van der Waals surface area contributed by atoms with Crippen LogP contribution in [0.3, 0.4) is 0 Å². The number of aromatic nitrogens is 2. The Morgan fingerprint density at radius 3 is 2.63 bits per heavy atom. The first-order valence-electron chi connectivity index (χ1n) is 8.64. The van der Waals surface area contributed by atoms with Gasteiger partial charge in [-0.2, -0.15) is 0 Å². The van der Waals surface area contributed by atoms with E-state index in [1.54, 1.807) is 12.3 Å². The molecular weight excluding hydrogens is 340 g/mol. The molecule has 0 aliphatic heterocycles. The van der Waals surface area contributed by atoms with Gasteiger partial charge in [-0.25, -0.2) is 4.98 Å². The van der Waals surface area contributed by atoms with E-state index in [1.807, 2.05) is 49.4 Å². The fourth-order valence-electron chi connectivity index (χ4n) is 3.32. The van der Waals surface area contributed by atoms with Crippen molar-refractivity contribution in [1.82, 2.24) is 15.3 Å². The number of nitrogens with one attached hydrogen (secondary N) is 3. The van der Waals surface area contributed by atoms with Gasteiger partial charge in [0.2, 0.25) is 6.41 Å². The van der Waals surface area contributed by atoms with Crippen LogP contribution in [0.1, 0.15) is 6.92 Å². The van der Waals surface area contributed by atoms with Crippen molar-refractivity contribution in [3.05, 3.63) is 82.6 Å². The first kappa shape index (κ1) is 16.8. The van der Waals surface area contributed by atoms with Gasteiger partial charge in [0.15, 0.2) is 0 Å². The minimum absolute atomic E-state index is 0.134. The number of fused-ring (bicyclic) bond motifs is 3. The van der Waals surface area contributed by atoms with Gasteiger partial charge in [-0.05, 0) is 30.2 Å². The number of benzene rings is 1. The molecular formula is C21H18N4O2. The molecule has 1 unspecified atom stereocenters. The number of anilines is 1. The standard InChI is InChI=1S/C21H18N4O2/c1-13-10-14(23-12-26)6-7-15(11-13)24-18-8-9-22-20-19(18)16-4-2-3-5-17(16)21(27)25-20/h2-13H,1H3,(H,23,26)(H2,22,24,25,27). The normalized spacial score (nSPS) is 16.6. The molecule has 3 N–H and O–H groups in total. The van der Waals surface area contributed by atoms with E-state index in [-0.39, 0.29) is 11.5 Å². The minimum atomic E-state index is -0.154. The van der Waals surface area contributed by atoms with E-state index in [2.05, 4.69) is 26.7 Å². The predicted molar refractivity (Wildman–Crippen MR) is 107 cm³/mol. The Kier molecular flexibility index (Phi) is 4.30. The molecule has 1 aromatic carbocycles. The van der Waals surface area contributed by atoms with E-state index in [1.165, 1.54) is 0 Å². The van der Waals surface area contributed by atoms with Gasteiger partial charge in [0, 0.05) is 33.7 Å². The van der Waals surface area contributed by atoms with E-state index in [9.17, 15) is 9.59 Å². The zero-order chi connectivity index (χ0) is 18.8. The molecule has 0 saturated heterocycles. The quantitative estimate of drug-likeness (QED) is 0.494. The Morgan fingerprint density at radius 1 is 1.07 bits per heavy atom. The number of amides is 1. The number of carbonyl (C=O) groups is 1. The molecule has 2 heterocycles. The molecule has 6 nitrogen and oxygen atoms in total. The number of aromatic amines is 1. The molecule has 0 spiro atoms. The molecule has 0 radical (unpaired) electrons. The van der Waals surface area contributed by atoms with Crippen molar-refractivity contribution in [3.8, 4) is 0 Å². The van der Waals surface area contributed by atoms with Crippen LogP contribution >= 0.6 is 0 Å². The summed E-state index contributed by atoms with van der Waals surface area (Å²) in [5.74, 6) is 0.134. The van der Waals surface area contributed by atoms with Crippen molar-refractivity contribution in [2.24, 2.45) is 5.92 Å². The second-order valence-electron chi connectivity index (χ2n) is 6.41. The number of nitrogens with zero attached hydrogens (tertiary/aromatic N) is 1. The zero-order valence-corrected chi connectivity index (χ0v) is 14.7. The number of rotatable bonds is 4. The smallest absolute Gasteiger partial charge is 0.257 e. The second kappa shape index (κ2) is 6.92. The minimum Gasteiger partial charge on any atom is -0.355 e. The Hall–Kier alpha value is -3.67. The third kappa shape index (κ3) is 3.25. The summed E-state index contributed by atoms with van der Waals surface area (Å²) in [4.78, 5) is 30.2. The highest BCUT2D eigenvalue weighted by Gasteiger charge is 2.11. The summed E-state index contributed by atoms with van der Waals surface area (Å²) in [7, 11) is 0. The van der Waals surface area contributed by atoms with Crippen LogP contribution in [0.2, 0.25) is 0 Å². The lowest BCUT2D eigenvalue weighted by atomic mass is 10.1. The van der Waals surface area contributed by atoms with Crippen LogP contribution in [0.15, 0.2) is 77.0 Å². The van der Waals surface area contributed by atoms with Crippen LogP contribution in [-0.2, 0) is 4.79 Å². The predicted octanol–water partition coefficient (Wildman–Crippen LogP) is 3.21. The molecule has 27 heavy (non-hydrogen) atoms. The maximum Gasteiger partial charge on any atom is 0.257 e. The average molecular weight is 358 g/mol. The van der Waals surface area contributed by atoms with Crippen LogP contribution in [-0.4, -0.2) is 16.4 Å². The van der Waals surface area contributed by atoms with Crippen LogP contribution < -0.4 is 16.2 Å². The summed E-state index contributed by atoms with van der Waals surface area (Å²) >= 11 is 0. The summed E-state index contributed by atoms with van der Waals surface area (Å²) in [5.41, 5.74) is 2.88. The average Bonchev–Trinajstić information content (AvgIpc) is 2.83. The fourth-order valence-corrected chi connectivity index (χ4v) is 3.32. The van der Waals surface area contributed by atoms with Gasteiger partial charge in [-0.15, -0.1) is 0 Å². The van der Waals surface area contributed by atoms with Crippen molar-refractivity contribution < 1.29 is 4.79 Å². The Bertz CT molecular complexity index is 1190. The van der Waals surface area contributed by atoms with E-state index in [0.29, 0.717) is 17.4 Å². The summed E-state index contributed by atoms with van der Waals surface area (Å²) in [6.45, 7) is 2.04. The van der Waals surface area contributed by atoms with Gasteiger partial charge < -0.3 is 15.6 Å². The molecule has 1 aliphatic carbocycles. The van der Waals surface area contributed by atoms with Gasteiger partial charge in [-0.1, -0.05) is 37.3 Å². The lowest BCUT2D eigenvalue weighted by Crippen LogP contribution is -2.08. The van der Waals surface area contributed by atoms with Gasteiger partial charge >= 0.3 is 0 Å². The molecule has 0 fully saturated rings.